The summed E-state index contributed by atoms with van der Waals surface area (Å²) in [5, 5.41) is 3.90. The van der Waals surface area contributed by atoms with Crippen molar-refractivity contribution in [2.24, 2.45) is 22.2 Å². The molecule has 5 aromatic rings. The Hall–Kier alpha value is -5.13. The molecule has 1 atom stereocenters. The standard InChI is InChI=1S/C27H30N10O2/c28-24(38)20(6-3-10-32-27(29)30)36-26(39)16-7-8-23-21(12-16)35-25(22-14-31-15-34-22)37(23)11-9-17-13-33-19-5-2-1-4-18(17)19/h1-2,4-5,7-8,12-15,20,33H,3,6,9-11H2,(H2,28,38)(H,31,34)(H,36,39)(H4,29,30,32)/t20-/m0/s1. The first-order valence-corrected chi connectivity index (χ1v) is 12.6. The Balaban J connectivity index is 1.39. The molecule has 0 aliphatic rings. The van der Waals surface area contributed by atoms with Crippen LogP contribution in [0.25, 0.3) is 33.5 Å². The number of hydrogen-bond donors (Lipinski definition) is 6. The molecule has 0 saturated heterocycles. The molecule has 12 heteroatoms. The Morgan fingerprint density at radius 1 is 1.10 bits per heavy atom. The van der Waals surface area contributed by atoms with Crippen LogP contribution in [0.5, 0.6) is 0 Å². The van der Waals surface area contributed by atoms with Crippen molar-refractivity contribution in [3.05, 3.63) is 72.3 Å². The minimum absolute atomic E-state index is 0.0293. The summed E-state index contributed by atoms with van der Waals surface area (Å²) >= 11 is 0. The summed E-state index contributed by atoms with van der Waals surface area (Å²) in [5.74, 6) is -0.357. The van der Waals surface area contributed by atoms with Crippen molar-refractivity contribution in [2.45, 2.75) is 31.8 Å². The van der Waals surface area contributed by atoms with E-state index >= 15 is 0 Å². The van der Waals surface area contributed by atoms with Crippen LogP contribution in [0.3, 0.4) is 0 Å². The Morgan fingerprint density at radius 2 is 1.95 bits per heavy atom. The number of fused-ring (bicyclic) bond motifs is 2. The normalized spacial score (nSPS) is 12.0. The SMILES string of the molecule is NC(=O)[C@H](CCCN=C(N)N)NC(=O)c1ccc2c(c1)nc(-c1cnc[nH]1)n2CCc1c[nH]c2ccccc12. The fourth-order valence-electron chi connectivity index (χ4n) is 4.68. The number of hydrogen-bond acceptors (Lipinski definition) is 5. The molecule has 0 aliphatic carbocycles. The number of guanidine groups is 1. The first-order valence-electron chi connectivity index (χ1n) is 12.6. The third-order valence-corrected chi connectivity index (χ3v) is 6.62. The third-order valence-electron chi connectivity index (χ3n) is 6.62. The summed E-state index contributed by atoms with van der Waals surface area (Å²) in [7, 11) is 0. The van der Waals surface area contributed by atoms with Gasteiger partial charge in [-0.3, -0.25) is 14.6 Å². The van der Waals surface area contributed by atoms with Gasteiger partial charge in [-0.1, -0.05) is 18.2 Å². The number of aromatic amines is 2. The number of primary amides is 1. The minimum Gasteiger partial charge on any atom is -0.370 e. The molecule has 2 aromatic carbocycles. The number of carbonyl (C=O) groups excluding carboxylic acids is 2. The van der Waals surface area contributed by atoms with Crippen molar-refractivity contribution in [3.63, 3.8) is 0 Å². The summed E-state index contributed by atoms with van der Waals surface area (Å²) in [6, 6.07) is 12.6. The maximum absolute atomic E-state index is 13.0. The number of aryl methyl sites for hydroxylation is 2. The van der Waals surface area contributed by atoms with Crippen LogP contribution in [0.2, 0.25) is 0 Å². The molecule has 0 aliphatic heterocycles. The van der Waals surface area contributed by atoms with E-state index < -0.39 is 17.9 Å². The van der Waals surface area contributed by atoms with Gasteiger partial charge in [-0.25, -0.2) is 9.97 Å². The molecule has 0 saturated carbocycles. The number of nitrogens with zero attached hydrogens (tertiary/aromatic N) is 4. The fraction of sp³-hybridized carbons (Fsp3) is 0.222. The van der Waals surface area contributed by atoms with Gasteiger partial charge in [0, 0.05) is 35.8 Å². The van der Waals surface area contributed by atoms with Crippen molar-refractivity contribution in [3.8, 4) is 11.5 Å². The predicted molar refractivity (Wildman–Crippen MR) is 150 cm³/mol. The lowest BCUT2D eigenvalue weighted by Gasteiger charge is -2.15. The van der Waals surface area contributed by atoms with E-state index in [1.54, 1.807) is 24.7 Å². The number of carbonyl (C=O) groups is 2. The van der Waals surface area contributed by atoms with E-state index in [0.717, 1.165) is 29.0 Å². The topological polar surface area (TPSA) is 199 Å². The van der Waals surface area contributed by atoms with Gasteiger partial charge < -0.3 is 37.1 Å². The lowest BCUT2D eigenvalue weighted by Crippen LogP contribution is -2.44. The molecule has 9 N–H and O–H groups in total. The van der Waals surface area contributed by atoms with E-state index in [1.165, 1.54) is 10.9 Å². The monoisotopic (exact) mass is 526 g/mol. The van der Waals surface area contributed by atoms with Crippen molar-refractivity contribution < 1.29 is 9.59 Å². The van der Waals surface area contributed by atoms with Gasteiger partial charge in [0.15, 0.2) is 11.8 Å². The molecule has 200 valence electrons. The fourth-order valence-corrected chi connectivity index (χ4v) is 4.68. The largest absolute Gasteiger partial charge is 0.370 e. The number of benzene rings is 2. The van der Waals surface area contributed by atoms with E-state index in [4.69, 9.17) is 22.2 Å². The molecule has 0 radical (unpaired) electrons. The Kier molecular flexibility index (Phi) is 7.26. The average Bonchev–Trinajstić information content (AvgIpc) is 3.67. The number of rotatable bonds is 11. The highest BCUT2D eigenvalue weighted by atomic mass is 16.2. The van der Waals surface area contributed by atoms with Gasteiger partial charge in [0.25, 0.3) is 5.91 Å². The molecular formula is C27H30N10O2. The highest BCUT2D eigenvalue weighted by molar-refractivity contribution is 6.00. The van der Waals surface area contributed by atoms with Crippen molar-refractivity contribution in [1.29, 1.82) is 0 Å². The first kappa shape index (κ1) is 25.5. The molecule has 0 unspecified atom stereocenters. The maximum atomic E-state index is 13.0. The van der Waals surface area contributed by atoms with Crippen LogP contribution in [-0.2, 0) is 17.8 Å². The van der Waals surface area contributed by atoms with Gasteiger partial charge in [-0.15, -0.1) is 0 Å². The molecular weight excluding hydrogens is 496 g/mol. The van der Waals surface area contributed by atoms with Crippen LogP contribution < -0.4 is 22.5 Å². The maximum Gasteiger partial charge on any atom is 0.252 e. The first-order chi connectivity index (χ1) is 18.9. The molecule has 12 nitrogen and oxygen atoms in total. The Morgan fingerprint density at radius 3 is 2.72 bits per heavy atom. The molecule has 3 aromatic heterocycles. The van der Waals surface area contributed by atoms with Crippen LogP contribution in [0.4, 0.5) is 0 Å². The van der Waals surface area contributed by atoms with Gasteiger partial charge in [0.1, 0.15) is 11.7 Å². The summed E-state index contributed by atoms with van der Waals surface area (Å²) in [4.78, 5) is 44.3. The number of amides is 2. The van der Waals surface area contributed by atoms with Gasteiger partial charge in [0.2, 0.25) is 5.91 Å². The summed E-state index contributed by atoms with van der Waals surface area (Å²) in [6.07, 6.45) is 6.94. The second-order valence-corrected chi connectivity index (χ2v) is 9.24. The Bertz CT molecular complexity index is 1640. The third kappa shape index (κ3) is 5.59. The van der Waals surface area contributed by atoms with Crippen LogP contribution >= 0.6 is 0 Å². The molecule has 2 amide bonds. The summed E-state index contributed by atoms with van der Waals surface area (Å²) in [6.45, 7) is 0.998. The van der Waals surface area contributed by atoms with Crippen molar-refractivity contribution >= 4 is 39.7 Å². The smallest absolute Gasteiger partial charge is 0.252 e. The van der Waals surface area contributed by atoms with Crippen LogP contribution in [0.1, 0.15) is 28.8 Å². The number of nitrogens with two attached hydrogens (primary N) is 3. The number of aromatic nitrogens is 5. The lowest BCUT2D eigenvalue weighted by atomic mass is 10.1. The van der Waals surface area contributed by atoms with Crippen LogP contribution in [-0.4, -0.2) is 54.9 Å². The number of para-hydroxylation sites is 1. The second-order valence-electron chi connectivity index (χ2n) is 9.24. The highest BCUT2D eigenvalue weighted by Gasteiger charge is 2.20. The summed E-state index contributed by atoms with van der Waals surface area (Å²) in [5.41, 5.74) is 21.1. The second kappa shape index (κ2) is 11.1. The van der Waals surface area contributed by atoms with Crippen molar-refractivity contribution in [2.75, 3.05) is 6.54 Å². The summed E-state index contributed by atoms with van der Waals surface area (Å²) < 4.78 is 2.11. The van der Waals surface area contributed by atoms with Crippen molar-refractivity contribution in [1.82, 2.24) is 29.8 Å². The average molecular weight is 527 g/mol. The van der Waals surface area contributed by atoms with Gasteiger partial charge in [-0.2, -0.15) is 0 Å². The van der Waals surface area contributed by atoms with Crippen LogP contribution in [0.15, 0.2) is 66.2 Å². The lowest BCUT2D eigenvalue weighted by molar-refractivity contribution is -0.120. The molecule has 3 heterocycles. The number of H-pyrrole nitrogens is 2. The molecule has 0 spiro atoms. The van der Waals surface area contributed by atoms with Gasteiger partial charge in [0.05, 0.1) is 23.6 Å². The van der Waals surface area contributed by atoms with Gasteiger partial charge >= 0.3 is 0 Å². The number of aliphatic imine (C=N–C) groups is 1. The molecule has 39 heavy (non-hydrogen) atoms. The molecule has 0 bridgehead atoms. The number of nitrogens with one attached hydrogen (secondary N) is 3. The van der Waals surface area contributed by atoms with E-state index in [-0.39, 0.29) is 5.96 Å². The van der Waals surface area contributed by atoms with E-state index in [9.17, 15) is 9.59 Å². The zero-order chi connectivity index (χ0) is 27.4. The predicted octanol–water partition coefficient (Wildman–Crippen LogP) is 1.79. The highest BCUT2D eigenvalue weighted by Crippen LogP contribution is 2.26. The van der Waals surface area contributed by atoms with E-state index in [1.807, 2.05) is 24.4 Å². The number of imidazole rings is 2. The molecule has 5 rings (SSSR count). The molecule has 0 fully saturated rings. The Labute approximate surface area is 223 Å². The zero-order valence-corrected chi connectivity index (χ0v) is 21.2. The zero-order valence-electron chi connectivity index (χ0n) is 21.2. The van der Waals surface area contributed by atoms with Crippen LogP contribution in [0, 0.1) is 0 Å². The quantitative estimate of drug-likeness (QED) is 0.0860. The van der Waals surface area contributed by atoms with Gasteiger partial charge in [-0.05, 0) is 49.1 Å². The van der Waals surface area contributed by atoms with E-state index in [2.05, 4.69) is 42.0 Å². The minimum atomic E-state index is -0.850. The van der Waals surface area contributed by atoms with E-state index in [0.29, 0.717) is 37.0 Å².